The molecular formula is C18H22N2O2. The summed E-state index contributed by atoms with van der Waals surface area (Å²) in [6.07, 6.45) is 0. The smallest absolute Gasteiger partial charge is 0.138 e. The maximum Gasteiger partial charge on any atom is 0.138 e. The van der Waals surface area contributed by atoms with Crippen molar-refractivity contribution in [2.75, 3.05) is 38.2 Å². The zero-order valence-corrected chi connectivity index (χ0v) is 12.9. The van der Waals surface area contributed by atoms with Crippen LogP contribution in [0.5, 0.6) is 11.5 Å². The topological polar surface area (TPSA) is 35.9 Å². The van der Waals surface area contributed by atoms with Gasteiger partial charge in [0.15, 0.2) is 0 Å². The van der Waals surface area contributed by atoms with Crippen LogP contribution in [0.2, 0.25) is 0 Å². The Bertz CT molecular complexity index is 622. The molecule has 2 aromatic carbocycles. The van der Waals surface area contributed by atoms with E-state index in [1.165, 1.54) is 5.56 Å². The molecule has 1 saturated heterocycles. The molecule has 0 unspecified atom stereocenters. The Balaban J connectivity index is 1.61. The van der Waals surface area contributed by atoms with E-state index < -0.39 is 0 Å². The summed E-state index contributed by atoms with van der Waals surface area (Å²) >= 11 is 0. The molecule has 0 aromatic heterocycles. The van der Waals surface area contributed by atoms with Gasteiger partial charge in [0, 0.05) is 38.3 Å². The van der Waals surface area contributed by atoms with Gasteiger partial charge in [-0.25, -0.2) is 0 Å². The van der Waals surface area contributed by atoms with Crippen molar-refractivity contribution in [2.24, 2.45) is 0 Å². The first-order chi connectivity index (χ1) is 10.8. The number of para-hydroxylation sites is 3. The molecular weight excluding hydrogens is 276 g/mol. The summed E-state index contributed by atoms with van der Waals surface area (Å²) in [6, 6.07) is 15.7. The summed E-state index contributed by atoms with van der Waals surface area (Å²) in [5.41, 5.74) is 2.15. The normalized spacial score (nSPS) is 15.8. The molecule has 0 aliphatic carbocycles. The maximum atomic E-state index is 9.96. The first-order valence-electron chi connectivity index (χ1n) is 7.65. The van der Waals surface area contributed by atoms with E-state index in [4.69, 9.17) is 4.74 Å². The Hall–Kier alpha value is -2.20. The van der Waals surface area contributed by atoms with E-state index in [0.717, 1.165) is 44.2 Å². The van der Waals surface area contributed by atoms with Crippen LogP contribution in [0.4, 0.5) is 5.69 Å². The highest BCUT2D eigenvalue weighted by atomic mass is 16.5. The molecule has 0 spiro atoms. The third-order valence-electron chi connectivity index (χ3n) is 4.18. The number of aromatic hydroxyl groups is 1. The van der Waals surface area contributed by atoms with Gasteiger partial charge >= 0.3 is 0 Å². The van der Waals surface area contributed by atoms with Crippen molar-refractivity contribution in [3.63, 3.8) is 0 Å². The monoisotopic (exact) mass is 298 g/mol. The molecule has 1 fully saturated rings. The van der Waals surface area contributed by atoms with Crippen molar-refractivity contribution in [2.45, 2.75) is 6.54 Å². The third-order valence-corrected chi connectivity index (χ3v) is 4.18. The highest BCUT2D eigenvalue weighted by molar-refractivity contribution is 5.57. The van der Waals surface area contributed by atoms with Gasteiger partial charge in [-0.1, -0.05) is 30.3 Å². The van der Waals surface area contributed by atoms with E-state index in [1.54, 1.807) is 13.2 Å². The first-order valence-corrected chi connectivity index (χ1v) is 7.65. The Labute approximate surface area is 131 Å². The summed E-state index contributed by atoms with van der Waals surface area (Å²) in [5.74, 6) is 1.31. The molecule has 0 bridgehead atoms. The van der Waals surface area contributed by atoms with Crippen LogP contribution in [0.25, 0.3) is 0 Å². The van der Waals surface area contributed by atoms with Crippen molar-refractivity contribution in [1.82, 2.24) is 4.90 Å². The number of nitrogens with zero attached hydrogens (tertiary/aromatic N) is 2. The van der Waals surface area contributed by atoms with Crippen LogP contribution in [-0.2, 0) is 6.54 Å². The van der Waals surface area contributed by atoms with E-state index in [-0.39, 0.29) is 0 Å². The second-order valence-electron chi connectivity index (χ2n) is 5.56. The molecule has 0 amide bonds. The van der Waals surface area contributed by atoms with Gasteiger partial charge in [0.25, 0.3) is 0 Å². The maximum absolute atomic E-state index is 9.96. The van der Waals surface area contributed by atoms with Crippen LogP contribution in [0, 0.1) is 0 Å². The minimum Gasteiger partial charge on any atom is -0.506 e. The average Bonchev–Trinajstić information content (AvgIpc) is 2.57. The molecule has 116 valence electrons. The highest BCUT2D eigenvalue weighted by Crippen LogP contribution is 2.27. The lowest BCUT2D eigenvalue weighted by Crippen LogP contribution is -2.46. The van der Waals surface area contributed by atoms with Crippen LogP contribution in [0.15, 0.2) is 48.5 Å². The average molecular weight is 298 g/mol. The van der Waals surface area contributed by atoms with Gasteiger partial charge in [-0.3, -0.25) is 4.90 Å². The number of ether oxygens (including phenoxy) is 1. The predicted octanol–water partition coefficient (Wildman–Crippen LogP) is 2.72. The predicted molar refractivity (Wildman–Crippen MR) is 88.6 cm³/mol. The Morgan fingerprint density at radius 1 is 0.955 bits per heavy atom. The fourth-order valence-corrected chi connectivity index (χ4v) is 2.95. The van der Waals surface area contributed by atoms with Crippen molar-refractivity contribution >= 4 is 5.69 Å². The zero-order valence-electron chi connectivity index (χ0n) is 12.9. The minimum atomic E-state index is 0.362. The van der Waals surface area contributed by atoms with E-state index in [9.17, 15) is 5.11 Å². The van der Waals surface area contributed by atoms with E-state index in [1.807, 2.05) is 30.3 Å². The molecule has 3 rings (SSSR count). The van der Waals surface area contributed by atoms with E-state index in [2.05, 4.69) is 21.9 Å². The summed E-state index contributed by atoms with van der Waals surface area (Å²) in [5, 5.41) is 9.96. The molecule has 1 aliphatic rings. The lowest BCUT2D eigenvalue weighted by Gasteiger charge is -2.36. The standard InChI is InChI=1S/C18H22N2O2/c1-22-18-9-5-2-6-15(18)14-19-10-12-20(13-11-19)16-7-3-4-8-17(16)21/h2-9,21H,10-14H2,1H3. The Morgan fingerprint density at radius 2 is 1.64 bits per heavy atom. The lowest BCUT2D eigenvalue weighted by atomic mass is 10.1. The van der Waals surface area contributed by atoms with Crippen molar-refractivity contribution < 1.29 is 9.84 Å². The number of phenols is 1. The molecule has 4 nitrogen and oxygen atoms in total. The molecule has 2 aromatic rings. The molecule has 0 atom stereocenters. The Morgan fingerprint density at radius 3 is 2.36 bits per heavy atom. The number of methoxy groups -OCH3 is 1. The van der Waals surface area contributed by atoms with Gasteiger partial charge in [-0.05, 0) is 18.2 Å². The number of rotatable bonds is 4. The fourth-order valence-electron chi connectivity index (χ4n) is 2.95. The number of piperazine rings is 1. The van der Waals surface area contributed by atoms with Crippen molar-refractivity contribution in [3.8, 4) is 11.5 Å². The number of hydrogen-bond acceptors (Lipinski definition) is 4. The van der Waals surface area contributed by atoms with Crippen LogP contribution in [-0.4, -0.2) is 43.3 Å². The minimum absolute atomic E-state index is 0.362. The quantitative estimate of drug-likeness (QED) is 0.941. The Kier molecular flexibility index (Phi) is 4.49. The number of phenolic OH excluding ortho intramolecular Hbond substituents is 1. The van der Waals surface area contributed by atoms with E-state index in [0.29, 0.717) is 5.75 Å². The molecule has 1 heterocycles. The van der Waals surface area contributed by atoms with Crippen LogP contribution < -0.4 is 9.64 Å². The summed E-state index contributed by atoms with van der Waals surface area (Å²) < 4.78 is 5.42. The van der Waals surface area contributed by atoms with Gasteiger partial charge in [0.1, 0.15) is 11.5 Å². The van der Waals surface area contributed by atoms with Gasteiger partial charge in [-0.2, -0.15) is 0 Å². The van der Waals surface area contributed by atoms with Crippen molar-refractivity contribution in [1.29, 1.82) is 0 Å². The second kappa shape index (κ2) is 6.71. The fraction of sp³-hybridized carbons (Fsp3) is 0.333. The largest absolute Gasteiger partial charge is 0.506 e. The molecule has 0 saturated carbocycles. The SMILES string of the molecule is COc1ccccc1CN1CCN(c2ccccc2O)CC1. The first kappa shape index (κ1) is 14.7. The van der Waals surface area contributed by atoms with Crippen LogP contribution in [0.3, 0.4) is 0 Å². The number of hydrogen-bond donors (Lipinski definition) is 1. The number of benzene rings is 2. The summed E-state index contributed by atoms with van der Waals surface area (Å²) in [6.45, 7) is 4.71. The molecule has 0 radical (unpaired) electrons. The van der Waals surface area contributed by atoms with Gasteiger partial charge in [0.2, 0.25) is 0 Å². The zero-order chi connectivity index (χ0) is 15.4. The third kappa shape index (κ3) is 3.17. The summed E-state index contributed by atoms with van der Waals surface area (Å²) in [7, 11) is 1.72. The van der Waals surface area contributed by atoms with Crippen LogP contribution >= 0.6 is 0 Å². The molecule has 1 aliphatic heterocycles. The van der Waals surface area contributed by atoms with Crippen LogP contribution in [0.1, 0.15) is 5.56 Å². The second-order valence-corrected chi connectivity index (χ2v) is 5.56. The lowest BCUT2D eigenvalue weighted by molar-refractivity contribution is 0.245. The summed E-state index contributed by atoms with van der Waals surface area (Å²) in [4.78, 5) is 4.67. The van der Waals surface area contributed by atoms with Gasteiger partial charge < -0.3 is 14.7 Å². The van der Waals surface area contributed by atoms with Gasteiger partial charge in [0.05, 0.1) is 12.8 Å². The van der Waals surface area contributed by atoms with Crippen molar-refractivity contribution in [3.05, 3.63) is 54.1 Å². The molecule has 1 N–H and O–H groups in total. The molecule has 22 heavy (non-hydrogen) atoms. The highest BCUT2D eigenvalue weighted by Gasteiger charge is 2.19. The molecule has 4 heteroatoms. The van der Waals surface area contributed by atoms with E-state index >= 15 is 0 Å². The van der Waals surface area contributed by atoms with Gasteiger partial charge in [-0.15, -0.1) is 0 Å². The number of anilines is 1.